The van der Waals surface area contributed by atoms with E-state index in [4.69, 9.17) is 9.47 Å². The van der Waals surface area contributed by atoms with Crippen LogP contribution >= 0.6 is 0 Å². The summed E-state index contributed by atoms with van der Waals surface area (Å²) in [5, 5.41) is 6.47. The molecule has 0 radical (unpaired) electrons. The van der Waals surface area contributed by atoms with Crippen LogP contribution in [0.25, 0.3) is 10.9 Å². The predicted molar refractivity (Wildman–Crippen MR) is 153 cm³/mol. The number of rotatable bonds is 11. The molecule has 2 fully saturated rings. The van der Waals surface area contributed by atoms with Crippen LogP contribution in [-0.4, -0.2) is 28.4 Å². The maximum Gasteiger partial charge on any atom is 0.241 e. The number of para-hydroxylation sites is 1. The number of nitrogens with one attached hydrogen (secondary N) is 2. The molecule has 0 bridgehead atoms. The Morgan fingerprint density at radius 2 is 1.65 bits per heavy atom. The van der Waals surface area contributed by atoms with Crippen LogP contribution < -0.4 is 20.1 Å². The van der Waals surface area contributed by atoms with Crippen LogP contribution in [0.2, 0.25) is 0 Å². The molecule has 4 aromatic rings. The summed E-state index contributed by atoms with van der Waals surface area (Å²) in [5.41, 5.74) is 0.916. The number of hydrogen-bond acceptors (Lipinski definition) is 6. The van der Waals surface area contributed by atoms with Gasteiger partial charge in [0.05, 0.1) is 18.3 Å². The van der Waals surface area contributed by atoms with Crippen LogP contribution in [0.3, 0.4) is 0 Å². The van der Waals surface area contributed by atoms with E-state index in [1.807, 2.05) is 36.4 Å². The lowest BCUT2D eigenvalue weighted by Crippen LogP contribution is -2.35. The highest BCUT2D eigenvalue weighted by Gasteiger charge is 2.56. The van der Waals surface area contributed by atoms with E-state index in [1.165, 1.54) is 19.3 Å². The number of anilines is 2. The number of nitrogens with zero attached hydrogens (tertiary/aromatic N) is 2. The Kier molecular flexibility index (Phi) is 6.84. The lowest BCUT2D eigenvalue weighted by Gasteiger charge is -2.15. The van der Waals surface area contributed by atoms with Gasteiger partial charge >= 0.3 is 0 Å². The Bertz CT molecular complexity index is 1530. The van der Waals surface area contributed by atoms with Crippen molar-refractivity contribution < 1.29 is 19.1 Å². The molecule has 2 heterocycles. The molecular weight excluding hydrogens is 504 g/mol. The number of amides is 2. The van der Waals surface area contributed by atoms with Crippen molar-refractivity contribution in [2.45, 2.75) is 45.4 Å². The molecule has 204 valence electrons. The fourth-order valence-electron chi connectivity index (χ4n) is 4.76. The van der Waals surface area contributed by atoms with E-state index in [0.717, 1.165) is 23.1 Å². The van der Waals surface area contributed by atoms with Gasteiger partial charge in [-0.3, -0.25) is 14.6 Å². The lowest BCUT2D eigenvalue weighted by atomic mass is 10.0. The Labute approximate surface area is 233 Å². The largest absolute Gasteiger partial charge is 0.494 e. The molecule has 6 rings (SSSR count). The Balaban J connectivity index is 1.06. The zero-order valence-electron chi connectivity index (χ0n) is 22.5. The fourth-order valence-corrected chi connectivity index (χ4v) is 4.76. The van der Waals surface area contributed by atoms with Crippen molar-refractivity contribution in [3.05, 3.63) is 79.1 Å². The molecule has 2 amide bonds. The van der Waals surface area contributed by atoms with Gasteiger partial charge in [-0.2, -0.15) is 0 Å². The molecule has 2 saturated carbocycles. The average molecular weight is 537 g/mol. The summed E-state index contributed by atoms with van der Waals surface area (Å²) in [6, 6.07) is 20.1. The van der Waals surface area contributed by atoms with Gasteiger partial charge in [-0.25, -0.2) is 4.98 Å². The molecule has 40 heavy (non-hydrogen) atoms. The normalized spacial score (nSPS) is 16.1. The summed E-state index contributed by atoms with van der Waals surface area (Å²) in [7, 11) is 0. The molecule has 0 saturated heterocycles. The van der Waals surface area contributed by atoms with Crippen LogP contribution in [0, 0.1) is 10.8 Å². The van der Waals surface area contributed by atoms with Crippen LogP contribution in [0.15, 0.2) is 79.1 Å². The van der Waals surface area contributed by atoms with E-state index < -0.39 is 5.41 Å². The molecule has 2 N–H and O–H groups in total. The number of carbonyl (C=O) groups excluding carboxylic acids is 2. The number of benzene rings is 2. The summed E-state index contributed by atoms with van der Waals surface area (Å²) in [4.78, 5) is 34.6. The minimum Gasteiger partial charge on any atom is -0.494 e. The number of fused-ring (bicyclic) bond motifs is 1. The van der Waals surface area contributed by atoms with Crippen molar-refractivity contribution in [1.82, 2.24) is 9.97 Å². The zero-order chi connectivity index (χ0) is 27.6. The summed E-state index contributed by atoms with van der Waals surface area (Å²) in [6.07, 6.45) is 9.17. The number of pyridine rings is 2. The first-order chi connectivity index (χ1) is 19.4. The van der Waals surface area contributed by atoms with Crippen molar-refractivity contribution in [1.29, 1.82) is 0 Å². The fraction of sp³-hybridized carbons (Fsp3) is 0.312. The number of carbonyl (C=O) groups is 2. The summed E-state index contributed by atoms with van der Waals surface area (Å²) in [5.74, 6) is 1.65. The maximum absolute atomic E-state index is 12.9. The van der Waals surface area contributed by atoms with Gasteiger partial charge in [-0.15, -0.1) is 0 Å². The first-order valence-corrected chi connectivity index (χ1v) is 13.8. The minimum atomic E-state index is -1.07. The van der Waals surface area contributed by atoms with Crippen LogP contribution in [0.5, 0.6) is 17.2 Å². The maximum atomic E-state index is 12.9. The van der Waals surface area contributed by atoms with Gasteiger partial charge in [-0.05, 0) is 86.4 Å². The SMILES string of the molecule is CC1(CCCOc2ccc3c(Oc4ccc(NC(=O)C5(C(=O)Nc6ccccc6)CC5)nc4)ccnc3c2)CC1. The van der Waals surface area contributed by atoms with Crippen molar-refractivity contribution in [2.24, 2.45) is 10.8 Å². The monoisotopic (exact) mass is 536 g/mol. The standard InChI is InChI=1S/C32H32N4O4/c1-31(14-15-31)13-5-19-39-23-8-10-25-26(20-23)33-18-12-27(25)40-24-9-11-28(34-21-24)36-30(38)32(16-17-32)29(37)35-22-6-3-2-4-7-22/h2-4,6-12,18,20-21H,5,13-17,19H2,1H3,(H,35,37)(H,34,36,38). The summed E-state index contributed by atoms with van der Waals surface area (Å²) < 4.78 is 12.1. The van der Waals surface area contributed by atoms with E-state index in [2.05, 4.69) is 27.5 Å². The van der Waals surface area contributed by atoms with Crippen molar-refractivity contribution in [2.75, 3.05) is 17.2 Å². The molecule has 2 aromatic carbocycles. The highest BCUT2D eigenvalue weighted by atomic mass is 16.5. The quantitative estimate of drug-likeness (QED) is 0.163. The summed E-state index contributed by atoms with van der Waals surface area (Å²) >= 11 is 0. The second-order valence-corrected chi connectivity index (χ2v) is 11.1. The molecule has 0 unspecified atom stereocenters. The lowest BCUT2D eigenvalue weighted by molar-refractivity contribution is -0.131. The van der Waals surface area contributed by atoms with Gasteiger partial charge in [-0.1, -0.05) is 25.1 Å². The van der Waals surface area contributed by atoms with Crippen LogP contribution in [0.4, 0.5) is 11.5 Å². The van der Waals surface area contributed by atoms with Gasteiger partial charge in [0.2, 0.25) is 11.8 Å². The van der Waals surface area contributed by atoms with E-state index >= 15 is 0 Å². The van der Waals surface area contributed by atoms with E-state index in [9.17, 15) is 9.59 Å². The zero-order valence-corrected chi connectivity index (χ0v) is 22.5. The van der Waals surface area contributed by atoms with Crippen molar-refractivity contribution in [3.63, 3.8) is 0 Å². The molecule has 0 atom stereocenters. The van der Waals surface area contributed by atoms with E-state index in [1.54, 1.807) is 42.7 Å². The molecule has 0 spiro atoms. The number of ether oxygens (including phenoxy) is 2. The second-order valence-electron chi connectivity index (χ2n) is 11.1. The Morgan fingerprint density at radius 3 is 2.38 bits per heavy atom. The highest BCUT2D eigenvalue weighted by molar-refractivity contribution is 6.16. The Hall–Kier alpha value is -4.46. The van der Waals surface area contributed by atoms with Crippen LogP contribution in [-0.2, 0) is 9.59 Å². The molecule has 2 aromatic heterocycles. The molecule has 2 aliphatic carbocycles. The van der Waals surface area contributed by atoms with Crippen LogP contribution in [0.1, 0.15) is 45.4 Å². The third-order valence-electron chi connectivity index (χ3n) is 7.83. The number of aromatic nitrogens is 2. The van der Waals surface area contributed by atoms with E-state index in [-0.39, 0.29) is 11.8 Å². The predicted octanol–water partition coefficient (Wildman–Crippen LogP) is 6.74. The topological polar surface area (TPSA) is 102 Å². The van der Waals surface area contributed by atoms with Gasteiger partial charge in [0, 0.05) is 23.3 Å². The van der Waals surface area contributed by atoms with Gasteiger partial charge < -0.3 is 20.1 Å². The first-order valence-electron chi connectivity index (χ1n) is 13.8. The molecule has 0 aliphatic heterocycles. The Morgan fingerprint density at radius 1 is 0.875 bits per heavy atom. The highest BCUT2D eigenvalue weighted by Crippen LogP contribution is 2.49. The van der Waals surface area contributed by atoms with Gasteiger partial charge in [0.25, 0.3) is 0 Å². The third kappa shape index (κ3) is 5.76. The summed E-state index contributed by atoms with van der Waals surface area (Å²) in [6.45, 7) is 3.04. The smallest absolute Gasteiger partial charge is 0.241 e. The molecule has 8 nitrogen and oxygen atoms in total. The minimum absolute atomic E-state index is 0.304. The average Bonchev–Trinajstić information content (AvgIpc) is 3.90. The second kappa shape index (κ2) is 10.6. The van der Waals surface area contributed by atoms with Crippen molar-refractivity contribution in [3.8, 4) is 17.2 Å². The molecule has 2 aliphatic rings. The number of hydrogen-bond donors (Lipinski definition) is 2. The van der Waals surface area contributed by atoms with Gasteiger partial charge in [0.1, 0.15) is 28.5 Å². The van der Waals surface area contributed by atoms with Crippen molar-refractivity contribution >= 4 is 34.2 Å². The van der Waals surface area contributed by atoms with Gasteiger partial charge in [0.15, 0.2) is 0 Å². The molecule has 8 heteroatoms. The van der Waals surface area contributed by atoms with E-state index in [0.29, 0.717) is 47.9 Å². The first kappa shape index (κ1) is 25.8. The molecular formula is C32H32N4O4. The third-order valence-corrected chi connectivity index (χ3v) is 7.83.